The largest absolute Gasteiger partial charge is 0.491 e. The van der Waals surface area contributed by atoms with Crippen LogP contribution in [0, 0.1) is 0 Å². The summed E-state index contributed by atoms with van der Waals surface area (Å²) >= 11 is 0. The molecule has 0 spiro atoms. The Bertz CT molecular complexity index is 1390. The number of rotatable bonds is 12. The van der Waals surface area contributed by atoms with E-state index in [1.807, 2.05) is 25.7 Å². The van der Waals surface area contributed by atoms with E-state index in [9.17, 15) is 18.0 Å². The number of benzene rings is 1. The van der Waals surface area contributed by atoms with E-state index in [2.05, 4.69) is 32.5 Å². The minimum atomic E-state index is -4.52. The summed E-state index contributed by atoms with van der Waals surface area (Å²) in [5, 5.41) is 5.41. The first-order valence-electron chi connectivity index (χ1n) is 14.3. The van der Waals surface area contributed by atoms with E-state index in [0.717, 1.165) is 31.4 Å². The monoisotopic (exact) mass is 602 g/mol. The van der Waals surface area contributed by atoms with Gasteiger partial charge in [-0.2, -0.15) is 13.2 Å². The SMILES string of the molecule is CCCCCN(CC)c1cnc(-c2cccc(C(F)(F)F)c2)nc1NC(=O)Nc1cc(OC[C@@H]2COC(C)(C)O2)ccn1. The fourth-order valence-corrected chi connectivity index (χ4v) is 4.53. The second kappa shape index (κ2) is 14.0. The van der Waals surface area contributed by atoms with Gasteiger partial charge in [0, 0.05) is 30.9 Å². The molecule has 2 amide bonds. The number of anilines is 3. The number of nitrogens with zero attached hydrogens (tertiary/aromatic N) is 4. The highest BCUT2D eigenvalue weighted by molar-refractivity contribution is 6.00. The zero-order valence-electron chi connectivity index (χ0n) is 24.7. The van der Waals surface area contributed by atoms with Gasteiger partial charge >= 0.3 is 12.2 Å². The smallest absolute Gasteiger partial charge is 0.416 e. The van der Waals surface area contributed by atoms with Crippen LogP contribution >= 0.6 is 0 Å². The highest BCUT2D eigenvalue weighted by atomic mass is 19.4. The third kappa shape index (κ3) is 9.01. The molecule has 232 valence electrons. The number of nitrogens with one attached hydrogen (secondary N) is 2. The summed E-state index contributed by atoms with van der Waals surface area (Å²) in [6.07, 6.45) is 1.23. The van der Waals surface area contributed by atoms with E-state index < -0.39 is 23.6 Å². The van der Waals surface area contributed by atoms with Crippen molar-refractivity contribution < 1.29 is 32.2 Å². The van der Waals surface area contributed by atoms with Gasteiger partial charge in [0.25, 0.3) is 0 Å². The van der Waals surface area contributed by atoms with Crippen LogP contribution in [-0.2, 0) is 15.7 Å². The fraction of sp³-hybridized carbons (Fsp3) is 0.467. The zero-order valence-corrected chi connectivity index (χ0v) is 24.7. The van der Waals surface area contributed by atoms with E-state index >= 15 is 0 Å². The maximum Gasteiger partial charge on any atom is 0.416 e. The van der Waals surface area contributed by atoms with Crippen LogP contribution < -0.4 is 20.3 Å². The van der Waals surface area contributed by atoms with Crippen molar-refractivity contribution in [1.29, 1.82) is 0 Å². The van der Waals surface area contributed by atoms with E-state index in [1.54, 1.807) is 12.1 Å². The lowest BCUT2D eigenvalue weighted by Gasteiger charge is -2.25. The molecule has 13 heteroatoms. The maximum atomic E-state index is 13.4. The molecule has 1 fully saturated rings. The molecule has 10 nitrogen and oxygen atoms in total. The Balaban J connectivity index is 1.53. The van der Waals surface area contributed by atoms with Gasteiger partial charge in [0.2, 0.25) is 0 Å². The number of pyridine rings is 1. The van der Waals surface area contributed by atoms with Gasteiger partial charge in [-0.3, -0.25) is 10.6 Å². The second-order valence-electron chi connectivity index (χ2n) is 10.5. The molecule has 1 aromatic carbocycles. The average molecular weight is 603 g/mol. The standard InChI is InChI=1S/C30H37F3N6O4/c1-5-7-8-14-39(6-2)24-17-35-26(20-10-9-11-21(15-20)30(31,32)33)37-27(24)38-28(40)36-25-16-22(12-13-34-25)41-18-23-19-42-29(3,4)43-23/h9-13,15-17,23H,5-8,14,18-19H2,1-4H3,(H2,34,35,36,37,38,40)/t23-/m1/s1. The molecule has 1 aliphatic heterocycles. The molecular weight excluding hydrogens is 565 g/mol. The average Bonchev–Trinajstić information content (AvgIpc) is 3.32. The van der Waals surface area contributed by atoms with Crippen LogP contribution in [-0.4, -0.2) is 59.2 Å². The molecule has 3 aromatic rings. The van der Waals surface area contributed by atoms with E-state index in [1.165, 1.54) is 24.5 Å². The van der Waals surface area contributed by atoms with Crippen molar-refractivity contribution in [2.75, 3.05) is 41.8 Å². The summed E-state index contributed by atoms with van der Waals surface area (Å²) in [4.78, 5) is 28.2. The zero-order chi connectivity index (χ0) is 31.0. The quantitative estimate of drug-likeness (QED) is 0.219. The maximum absolute atomic E-state index is 13.4. The number of amides is 2. The predicted octanol–water partition coefficient (Wildman–Crippen LogP) is 6.75. The molecule has 2 N–H and O–H groups in total. The minimum Gasteiger partial charge on any atom is -0.491 e. The summed E-state index contributed by atoms with van der Waals surface area (Å²) in [6.45, 7) is 9.70. The topological polar surface area (TPSA) is 111 Å². The summed E-state index contributed by atoms with van der Waals surface area (Å²) in [5.74, 6) is 0.238. The Morgan fingerprint density at radius 3 is 2.65 bits per heavy atom. The van der Waals surface area contributed by atoms with Gasteiger partial charge in [-0.05, 0) is 45.4 Å². The Morgan fingerprint density at radius 2 is 1.95 bits per heavy atom. The lowest BCUT2D eigenvalue weighted by atomic mass is 10.1. The van der Waals surface area contributed by atoms with Crippen molar-refractivity contribution in [2.24, 2.45) is 0 Å². The molecular formula is C30H37F3N6O4. The molecule has 43 heavy (non-hydrogen) atoms. The third-order valence-electron chi connectivity index (χ3n) is 6.68. The highest BCUT2D eigenvalue weighted by Crippen LogP contribution is 2.33. The first-order valence-corrected chi connectivity index (χ1v) is 14.3. The third-order valence-corrected chi connectivity index (χ3v) is 6.68. The van der Waals surface area contributed by atoms with Crippen molar-refractivity contribution in [3.05, 3.63) is 54.4 Å². The van der Waals surface area contributed by atoms with Gasteiger partial charge in [0.05, 0.1) is 24.1 Å². The molecule has 0 bridgehead atoms. The van der Waals surface area contributed by atoms with E-state index in [-0.39, 0.29) is 35.7 Å². The minimum absolute atomic E-state index is 0.0459. The van der Waals surface area contributed by atoms with Crippen LogP contribution in [0.4, 0.5) is 35.3 Å². The number of carbonyl (C=O) groups is 1. The summed E-state index contributed by atoms with van der Waals surface area (Å²) in [5.41, 5.74) is -0.0924. The number of unbranched alkanes of at least 4 members (excludes halogenated alkanes) is 2. The van der Waals surface area contributed by atoms with Crippen molar-refractivity contribution >= 4 is 23.4 Å². The number of hydrogen-bond donors (Lipinski definition) is 2. The lowest BCUT2D eigenvalue weighted by molar-refractivity contribution is -0.141. The molecule has 3 heterocycles. The number of ether oxygens (including phenoxy) is 3. The van der Waals surface area contributed by atoms with Gasteiger partial charge in [0.1, 0.15) is 24.3 Å². The summed E-state index contributed by atoms with van der Waals surface area (Å²) < 4.78 is 57.2. The Morgan fingerprint density at radius 1 is 1.14 bits per heavy atom. The first-order chi connectivity index (χ1) is 20.5. The van der Waals surface area contributed by atoms with Crippen LogP contribution in [0.25, 0.3) is 11.4 Å². The van der Waals surface area contributed by atoms with Crippen LogP contribution in [0.3, 0.4) is 0 Å². The Kier molecular flexibility index (Phi) is 10.4. The molecule has 1 aliphatic rings. The second-order valence-corrected chi connectivity index (χ2v) is 10.5. The van der Waals surface area contributed by atoms with Crippen LogP contribution in [0.1, 0.15) is 52.5 Å². The molecule has 0 saturated carbocycles. The van der Waals surface area contributed by atoms with Crippen molar-refractivity contribution in [3.63, 3.8) is 0 Å². The number of alkyl halides is 3. The normalized spacial score (nSPS) is 16.1. The molecule has 1 atom stereocenters. The van der Waals surface area contributed by atoms with E-state index in [0.29, 0.717) is 31.1 Å². The van der Waals surface area contributed by atoms with Gasteiger partial charge in [-0.1, -0.05) is 31.9 Å². The highest BCUT2D eigenvalue weighted by Gasteiger charge is 2.33. The number of hydrogen-bond acceptors (Lipinski definition) is 8. The van der Waals surface area contributed by atoms with Crippen LogP contribution in [0.15, 0.2) is 48.8 Å². The van der Waals surface area contributed by atoms with E-state index in [4.69, 9.17) is 14.2 Å². The predicted molar refractivity (Wildman–Crippen MR) is 157 cm³/mol. The van der Waals surface area contributed by atoms with Gasteiger partial charge in [-0.25, -0.2) is 19.7 Å². The molecule has 4 rings (SSSR count). The van der Waals surface area contributed by atoms with Crippen LogP contribution in [0.5, 0.6) is 5.75 Å². The molecule has 2 aromatic heterocycles. The molecule has 0 radical (unpaired) electrons. The first kappa shape index (κ1) is 32.0. The lowest BCUT2D eigenvalue weighted by Crippen LogP contribution is -2.28. The number of aromatic nitrogens is 3. The number of urea groups is 1. The Labute approximate surface area is 249 Å². The Hall–Kier alpha value is -3.97. The molecule has 0 aliphatic carbocycles. The molecule has 0 unspecified atom stereocenters. The number of carbonyl (C=O) groups excluding carboxylic acids is 1. The summed E-state index contributed by atoms with van der Waals surface area (Å²) in [6, 6.07) is 7.34. The number of halogens is 3. The van der Waals surface area contributed by atoms with Gasteiger partial charge in [-0.15, -0.1) is 0 Å². The van der Waals surface area contributed by atoms with Gasteiger partial charge < -0.3 is 19.1 Å². The fourth-order valence-electron chi connectivity index (χ4n) is 4.53. The van der Waals surface area contributed by atoms with Crippen molar-refractivity contribution in [2.45, 2.75) is 65.0 Å². The van der Waals surface area contributed by atoms with Gasteiger partial charge in [0.15, 0.2) is 17.4 Å². The molecule has 1 saturated heterocycles. The summed E-state index contributed by atoms with van der Waals surface area (Å²) in [7, 11) is 0. The van der Waals surface area contributed by atoms with Crippen LogP contribution in [0.2, 0.25) is 0 Å². The van der Waals surface area contributed by atoms with Crippen molar-refractivity contribution in [3.8, 4) is 17.1 Å². The van der Waals surface area contributed by atoms with Crippen molar-refractivity contribution in [1.82, 2.24) is 15.0 Å².